The molecule has 1 aliphatic heterocycles. The minimum absolute atomic E-state index is 0.178. The highest BCUT2D eigenvalue weighted by molar-refractivity contribution is 5.57. The van der Waals surface area contributed by atoms with Crippen LogP contribution in [0, 0.1) is 12.7 Å². The molecule has 1 fully saturated rings. The van der Waals surface area contributed by atoms with Crippen LogP contribution in [0.3, 0.4) is 0 Å². The number of anilines is 1. The van der Waals surface area contributed by atoms with Gasteiger partial charge in [0.15, 0.2) is 0 Å². The molecule has 0 aromatic heterocycles. The van der Waals surface area contributed by atoms with Gasteiger partial charge in [0.05, 0.1) is 6.10 Å². The third-order valence-corrected chi connectivity index (χ3v) is 4.33. The van der Waals surface area contributed by atoms with Crippen molar-refractivity contribution in [1.82, 2.24) is 4.90 Å². The molecule has 1 heterocycles. The molecule has 1 atom stereocenters. The number of hydrogen-bond acceptors (Lipinski definition) is 3. The largest absolute Gasteiger partial charge is 0.389 e. The zero-order valence-electron chi connectivity index (χ0n) is 13.8. The van der Waals surface area contributed by atoms with Crippen molar-refractivity contribution in [3.63, 3.8) is 0 Å². The fraction of sp³-hybridized carbons (Fsp3) is 0.647. The van der Waals surface area contributed by atoms with Gasteiger partial charge in [0, 0.05) is 43.0 Å². The van der Waals surface area contributed by atoms with Gasteiger partial charge in [0.25, 0.3) is 0 Å². The average molecular weight is 294 g/mol. The van der Waals surface area contributed by atoms with E-state index in [4.69, 9.17) is 0 Å². The van der Waals surface area contributed by atoms with E-state index in [1.807, 2.05) is 6.07 Å². The van der Waals surface area contributed by atoms with Crippen LogP contribution in [0.15, 0.2) is 12.1 Å². The molecule has 0 radical (unpaired) electrons. The van der Waals surface area contributed by atoms with Gasteiger partial charge < -0.3 is 10.0 Å². The summed E-state index contributed by atoms with van der Waals surface area (Å²) in [6, 6.07) is 3.34. The molecule has 0 bridgehead atoms. The Kier molecular flexibility index (Phi) is 4.59. The SMILES string of the molecule is Cc1cc(N2CCN(C(C)(C)C)CC2)c([C@H](C)O)cc1F. The molecule has 4 heteroatoms. The van der Waals surface area contributed by atoms with Crippen LogP contribution < -0.4 is 4.90 Å². The van der Waals surface area contributed by atoms with E-state index in [1.54, 1.807) is 13.8 Å². The van der Waals surface area contributed by atoms with Crippen LogP contribution in [0.2, 0.25) is 0 Å². The fourth-order valence-electron chi connectivity index (χ4n) is 2.91. The fourth-order valence-corrected chi connectivity index (χ4v) is 2.91. The summed E-state index contributed by atoms with van der Waals surface area (Å²) < 4.78 is 13.8. The Labute approximate surface area is 127 Å². The molecule has 1 aromatic rings. The van der Waals surface area contributed by atoms with Crippen LogP contribution >= 0.6 is 0 Å². The second-order valence-electron chi connectivity index (χ2n) is 6.98. The lowest BCUT2D eigenvalue weighted by atomic mass is 10.0. The van der Waals surface area contributed by atoms with E-state index in [0.717, 1.165) is 31.9 Å². The van der Waals surface area contributed by atoms with Crippen molar-refractivity contribution in [2.24, 2.45) is 0 Å². The molecule has 0 amide bonds. The van der Waals surface area contributed by atoms with Gasteiger partial charge in [0.1, 0.15) is 5.82 Å². The molecule has 21 heavy (non-hydrogen) atoms. The lowest BCUT2D eigenvalue weighted by molar-refractivity contribution is 0.128. The van der Waals surface area contributed by atoms with E-state index in [-0.39, 0.29) is 11.4 Å². The summed E-state index contributed by atoms with van der Waals surface area (Å²) in [5.74, 6) is -0.247. The van der Waals surface area contributed by atoms with Gasteiger partial charge in [-0.3, -0.25) is 4.90 Å². The van der Waals surface area contributed by atoms with Crippen LogP contribution in [0.5, 0.6) is 0 Å². The Morgan fingerprint density at radius 2 is 1.71 bits per heavy atom. The third-order valence-electron chi connectivity index (χ3n) is 4.33. The molecule has 118 valence electrons. The van der Waals surface area contributed by atoms with E-state index in [0.29, 0.717) is 11.1 Å². The van der Waals surface area contributed by atoms with Crippen LogP contribution in [0.1, 0.15) is 44.9 Å². The molecule has 1 aromatic carbocycles. The number of aryl methyl sites for hydroxylation is 1. The van der Waals surface area contributed by atoms with Crippen molar-refractivity contribution in [3.05, 3.63) is 29.1 Å². The number of aliphatic hydroxyl groups excluding tert-OH is 1. The molecule has 1 N–H and O–H groups in total. The maximum Gasteiger partial charge on any atom is 0.126 e. The molecule has 0 aliphatic carbocycles. The van der Waals surface area contributed by atoms with Gasteiger partial charge in [-0.1, -0.05) is 0 Å². The first-order chi connectivity index (χ1) is 9.70. The highest BCUT2D eigenvalue weighted by Crippen LogP contribution is 2.30. The molecule has 0 saturated carbocycles. The highest BCUT2D eigenvalue weighted by atomic mass is 19.1. The van der Waals surface area contributed by atoms with E-state index >= 15 is 0 Å². The lowest BCUT2D eigenvalue weighted by Gasteiger charge is -2.43. The summed E-state index contributed by atoms with van der Waals surface area (Å²) in [7, 11) is 0. The Bertz CT molecular complexity index is 500. The molecular formula is C17H27FN2O. The Morgan fingerprint density at radius 1 is 1.14 bits per heavy atom. The van der Waals surface area contributed by atoms with E-state index in [9.17, 15) is 9.50 Å². The lowest BCUT2D eigenvalue weighted by Crippen LogP contribution is -2.53. The van der Waals surface area contributed by atoms with E-state index < -0.39 is 6.10 Å². The molecular weight excluding hydrogens is 267 g/mol. The number of aliphatic hydroxyl groups is 1. The van der Waals surface area contributed by atoms with Crippen molar-refractivity contribution < 1.29 is 9.50 Å². The van der Waals surface area contributed by atoms with Crippen LogP contribution in [-0.4, -0.2) is 41.7 Å². The summed E-state index contributed by atoms with van der Waals surface area (Å²) >= 11 is 0. The summed E-state index contributed by atoms with van der Waals surface area (Å²) in [6.45, 7) is 13.9. The Morgan fingerprint density at radius 3 is 2.19 bits per heavy atom. The maximum atomic E-state index is 13.8. The van der Waals surface area contributed by atoms with E-state index in [2.05, 4.69) is 30.6 Å². The molecule has 3 nitrogen and oxygen atoms in total. The predicted molar refractivity (Wildman–Crippen MR) is 85.3 cm³/mol. The molecule has 0 spiro atoms. The average Bonchev–Trinajstić information content (AvgIpc) is 2.40. The minimum atomic E-state index is -0.657. The number of hydrogen-bond donors (Lipinski definition) is 1. The first-order valence-electron chi connectivity index (χ1n) is 7.68. The van der Waals surface area contributed by atoms with Crippen LogP contribution in [-0.2, 0) is 0 Å². The normalized spacial score (nSPS) is 18.9. The van der Waals surface area contributed by atoms with Crippen LogP contribution in [0.25, 0.3) is 0 Å². The summed E-state index contributed by atoms with van der Waals surface area (Å²) in [5.41, 5.74) is 2.46. The van der Waals surface area contributed by atoms with Gasteiger partial charge in [0.2, 0.25) is 0 Å². The molecule has 1 saturated heterocycles. The summed E-state index contributed by atoms with van der Waals surface area (Å²) in [6.07, 6.45) is -0.657. The van der Waals surface area contributed by atoms with Gasteiger partial charge in [-0.25, -0.2) is 4.39 Å². The van der Waals surface area contributed by atoms with Crippen LogP contribution in [0.4, 0.5) is 10.1 Å². The quantitative estimate of drug-likeness (QED) is 0.908. The van der Waals surface area contributed by atoms with Crippen molar-refractivity contribution in [2.75, 3.05) is 31.1 Å². The molecule has 2 rings (SSSR count). The second-order valence-corrected chi connectivity index (χ2v) is 6.98. The number of nitrogens with zero attached hydrogens (tertiary/aromatic N) is 2. The third kappa shape index (κ3) is 3.55. The van der Waals surface area contributed by atoms with Crippen molar-refractivity contribution in [3.8, 4) is 0 Å². The number of halogens is 1. The Balaban J connectivity index is 2.22. The Hall–Kier alpha value is -1.13. The second kappa shape index (κ2) is 5.93. The standard InChI is InChI=1S/C17H27FN2O/c1-12-10-16(14(13(2)21)11-15(12)18)19-6-8-20(9-7-19)17(3,4)5/h10-11,13,21H,6-9H2,1-5H3/t13-/m0/s1. The first kappa shape index (κ1) is 16.2. The van der Waals surface area contributed by atoms with Crippen molar-refractivity contribution >= 4 is 5.69 Å². The topological polar surface area (TPSA) is 26.7 Å². The monoisotopic (exact) mass is 294 g/mol. The number of benzene rings is 1. The van der Waals surface area contributed by atoms with E-state index in [1.165, 1.54) is 6.07 Å². The molecule has 0 unspecified atom stereocenters. The molecule has 1 aliphatic rings. The first-order valence-corrected chi connectivity index (χ1v) is 7.68. The minimum Gasteiger partial charge on any atom is -0.389 e. The van der Waals surface area contributed by atoms with Crippen molar-refractivity contribution in [1.29, 1.82) is 0 Å². The van der Waals surface area contributed by atoms with Gasteiger partial charge in [-0.15, -0.1) is 0 Å². The summed E-state index contributed by atoms with van der Waals surface area (Å²) in [5, 5.41) is 9.93. The zero-order chi connectivity index (χ0) is 15.8. The summed E-state index contributed by atoms with van der Waals surface area (Å²) in [4.78, 5) is 4.72. The predicted octanol–water partition coefficient (Wildman–Crippen LogP) is 3.11. The van der Waals surface area contributed by atoms with Gasteiger partial charge >= 0.3 is 0 Å². The van der Waals surface area contributed by atoms with Gasteiger partial charge in [-0.2, -0.15) is 0 Å². The highest BCUT2D eigenvalue weighted by Gasteiger charge is 2.27. The zero-order valence-corrected chi connectivity index (χ0v) is 13.8. The smallest absolute Gasteiger partial charge is 0.126 e. The maximum absolute atomic E-state index is 13.8. The van der Waals surface area contributed by atoms with Crippen molar-refractivity contribution in [2.45, 2.75) is 46.3 Å². The number of piperazine rings is 1. The number of rotatable bonds is 2. The van der Waals surface area contributed by atoms with Gasteiger partial charge in [-0.05, 0) is 52.3 Å².